The van der Waals surface area contributed by atoms with Crippen molar-refractivity contribution in [2.45, 2.75) is 83.5 Å². The van der Waals surface area contributed by atoms with Crippen LogP contribution in [0.25, 0.3) is 0 Å². The lowest BCUT2D eigenvalue weighted by molar-refractivity contribution is -0.131. The first-order chi connectivity index (χ1) is 16.7. The fourth-order valence-electron chi connectivity index (χ4n) is 8.77. The molecule has 1 aromatic rings. The number of esters is 1. The van der Waals surface area contributed by atoms with Gasteiger partial charge in [-0.25, -0.2) is 4.79 Å². The van der Waals surface area contributed by atoms with Crippen LogP contribution < -0.4 is 0 Å². The van der Waals surface area contributed by atoms with Crippen LogP contribution in [0.5, 0.6) is 0 Å². The second-order valence-corrected chi connectivity index (χ2v) is 11.7. The number of carbonyl (C=O) groups excluding carboxylic acids is 1. The van der Waals surface area contributed by atoms with Gasteiger partial charge in [0.2, 0.25) is 0 Å². The number of methoxy groups -OCH3 is 1. The van der Waals surface area contributed by atoms with E-state index in [1.54, 1.807) is 26.2 Å². The minimum absolute atomic E-state index is 0.0784. The van der Waals surface area contributed by atoms with Crippen LogP contribution in [0.1, 0.15) is 76.1 Å². The van der Waals surface area contributed by atoms with Gasteiger partial charge < -0.3 is 19.8 Å². The maximum atomic E-state index is 12.6. The van der Waals surface area contributed by atoms with Gasteiger partial charge in [0.05, 0.1) is 17.4 Å². The second kappa shape index (κ2) is 8.74. The third-order valence-corrected chi connectivity index (χ3v) is 10.5. The van der Waals surface area contributed by atoms with Gasteiger partial charge in [-0.15, -0.1) is 0 Å². The molecule has 0 aliphatic heterocycles. The molecule has 0 spiro atoms. The fourth-order valence-corrected chi connectivity index (χ4v) is 8.77. The van der Waals surface area contributed by atoms with E-state index in [1.165, 1.54) is 5.57 Å². The van der Waals surface area contributed by atoms with Crippen LogP contribution in [0.2, 0.25) is 0 Å². The Labute approximate surface area is 208 Å². The molecule has 0 aromatic heterocycles. The van der Waals surface area contributed by atoms with Crippen molar-refractivity contribution in [3.8, 4) is 0 Å². The van der Waals surface area contributed by atoms with Crippen LogP contribution in [0.4, 0.5) is 0 Å². The third-order valence-electron chi connectivity index (χ3n) is 10.5. The summed E-state index contributed by atoms with van der Waals surface area (Å²) in [6.07, 6.45) is 7.93. The Bertz CT molecular complexity index is 1040. The van der Waals surface area contributed by atoms with Gasteiger partial charge in [-0.2, -0.15) is 0 Å². The lowest BCUT2D eigenvalue weighted by atomic mass is 9.46. The molecule has 6 heteroatoms. The van der Waals surface area contributed by atoms with Crippen molar-refractivity contribution in [1.82, 2.24) is 0 Å². The van der Waals surface area contributed by atoms with E-state index in [0.717, 1.165) is 38.5 Å². The van der Waals surface area contributed by atoms with Crippen LogP contribution in [0, 0.1) is 28.6 Å². The number of benzene rings is 1. The van der Waals surface area contributed by atoms with Gasteiger partial charge in [-0.05, 0) is 80.8 Å². The zero-order valence-electron chi connectivity index (χ0n) is 21.4. The summed E-state index contributed by atoms with van der Waals surface area (Å²) < 4.78 is 12.0. The average Bonchev–Trinajstić information content (AvgIpc) is 3.10. The van der Waals surface area contributed by atoms with Crippen molar-refractivity contribution < 1.29 is 24.6 Å². The monoisotopic (exact) mass is 481 g/mol. The highest BCUT2D eigenvalue weighted by molar-refractivity contribution is 5.92. The molecule has 0 heterocycles. The molecule has 3 fully saturated rings. The van der Waals surface area contributed by atoms with Crippen molar-refractivity contribution in [2.75, 3.05) is 7.11 Å². The minimum Gasteiger partial charge on any atom is -0.458 e. The number of aliphatic hydroxyl groups is 1. The van der Waals surface area contributed by atoms with Crippen molar-refractivity contribution in [3.05, 3.63) is 47.5 Å². The van der Waals surface area contributed by atoms with E-state index in [4.69, 9.17) is 9.47 Å². The SMILES string of the molecule is COC1(/C(C)=N\O)[C@H](O)CC2C3CC=C4CC(OC(=O)c5ccccc5)CC[C@]4(C)C3CC[C@@]21C. The van der Waals surface area contributed by atoms with E-state index in [2.05, 4.69) is 25.1 Å². The largest absolute Gasteiger partial charge is 0.458 e. The number of allylic oxidation sites excluding steroid dienone is 1. The zero-order chi connectivity index (χ0) is 25.0. The number of nitrogens with zero attached hydrogens (tertiary/aromatic N) is 1. The average molecular weight is 482 g/mol. The van der Waals surface area contributed by atoms with Gasteiger partial charge >= 0.3 is 5.97 Å². The molecule has 0 bridgehead atoms. The van der Waals surface area contributed by atoms with Crippen molar-refractivity contribution >= 4 is 11.7 Å². The van der Waals surface area contributed by atoms with Crippen molar-refractivity contribution in [2.24, 2.45) is 33.7 Å². The number of hydrogen-bond acceptors (Lipinski definition) is 6. The maximum absolute atomic E-state index is 12.6. The van der Waals surface area contributed by atoms with E-state index in [1.807, 2.05) is 18.2 Å². The molecule has 5 rings (SSSR count). The third kappa shape index (κ3) is 3.43. The van der Waals surface area contributed by atoms with Gasteiger partial charge in [-0.1, -0.05) is 48.9 Å². The van der Waals surface area contributed by atoms with E-state index in [-0.39, 0.29) is 28.8 Å². The Morgan fingerprint density at radius 1 is 1.11 bits per heavy atom. The summed E-state index contributed by atoms with van der Waals surface area (Å²) in [5, 5.41) is 24.4. The summed E-state index contributed by atoms with van der Waals surface area (Å²) in [4.78, 5) is 12.6. The van der Waals surface area contributed by atoms with Gasteiger partial charge in [0, 0.05) is 18.9 Å². The van der Waals surface area contributed by atoms with Crippen molar-refractivity contribution in [3.63, 3.8) is 0 Å². The molecular weight excluding hydrogens is 442 g/mol. The van der Waals surface area contributed by atoms with Crippen molar-refractivity contribution in [1.29, 1.82) is 0 Å². The Morgan fingerprint density at radius 2 is 1.86 bits per heavy atom. The number of oxime groups is 1. The number of carbonyl (C=O) groups is 1. The number of fused-ring (bicyclic) bond motifs is 5. The number of hydrogen-bond donors (Lipinski definition) is 2. The fraction of sp³-hybridized carbons (Fsp3) is 0.655. The Kier molecular flexibility index (Phi) is 6.12. The number of ether oxygens (including phenoxy) is 2. The summed E-state index contributed by atoms with van der Waals surface area (Å²) in [5.74, 6) is 1.02. The quantitative estimate of drug-likeness (QED) is 0.198. The van der Waals surface area contributed by atoms with E-state index in [9.17, 15) is 15.1 Å². The van der Waals surface area contributed by atoms with Crippen LogP contribution in [0.3, 0.4) is 0 Å². The molecule has 8 atom stereocenters. The topological polar surface area (TPSA) is 88.3 Å². The summed E-state index contributed by atoms with van der Waals surface area (Å²) in [7, 11) is 1.63. The molecule has 2 N–H and O–H groups in total. The molecule has 6 nitrogen and oxygen atoms in total. The predicted octanol–water partition coefficient (Wildman–Crippen LogP) is 5.38. The normalized spacial score (nSPS) is 42.9. The molecule has 0 radical (unpaired) electrons. The van der Waals surface area contributed by atoms with Gasteiger partial charge in [-0.3, -0.25) is 0 Å². The lowest BCUT2D eigenvalue weighted by Gasteiger charge is -2.59. The van der Waals surface area contributed by atoms with Crippen LogP contribution >= 0.6 is 0 Å². The molecule has 3 saturated carbocycles. The highest BCUT2D eigenvalue weighted by Gasteiger charge is 2.69. The number of rotatable bonds is 4. The number of aliphatic hydroxyl groups excluding tert-OH is 1. The molecule has 0 saturated heterocycles. The molecule has 1 aromatic carbocycles. The molecule has 4 aliphatic carbocycles. The lowest BCUT2D eigenvalue weighted by Crippen LogP contribution is -2.60. The van der Waals surface area contributed by atoms with Crippen LogP contribution in [-0.4, -0.2) is 46.9 Å². The molecular formula is C29H39NO5. The zero-order valence-corrected chi connectivity index (χ0v) is 21.4. The Hall–Kier alpha value is -2.18. The molecule has 5 unspecified atom stereocenters. The highest BCUT2D eigenvalue weighted by atomic mass is 16.5. The standard InChI is InChI=1S/C29H39NO5/c1-18(30-33)29(34-4)25(31)17-24-22-11-10-20-16-21(35-26(32)19-8-6-5-7-9-19)12-14-27(20,2)23(22)13-15-28(24,29)3/h5-10,21-25,31,33H,11-17H2,1-4H3/b30-18-/t21?,22?,23?,24?,25-,27+,28+,29?/m1/s1. The minimum atomic E-state index is -0.953. The predicted molar refractivity (Wildman–Crippen MR) is 133 cm³/mol. The summed E-state index contributed by atoms with van der Waals surface area (Å²) in [6.45, 7) is 6.40. The first kappa shape index (κ1) is 24.5. The summed E-state index contributed by atoms with van der Waals surface area (Å²) >= 11 is 0. The summed E-state index contributed by atoms with van der Waals surface area (Å²) in [6, 6.07) is 9.23. The summed E-state index contributed by atoms with van der Waals surface area (Å²) in [5.41, 5.74) is 1.35. The Morgan fingerprint density at radius 3 is 2.54 bits per heavy atom. The second-order valence-electron chi connectivity index (χ2n) is 11.7. The smallest absolute Gasteiger partial charge is 0.338 e. The molecule has 0 amide bonds. The van der Waals surface area contributed by atoms with Crippen LogP contribution in [-0.2, 0) is 9.47 Å². The first-order valence-electron chi connectivity index (χ1n) is 13.1. The van der Waals surface area contributed by atoms with E-state index >= 15 is 0 Å². The van der Waals surface area contributed by atoms with Crippen LogP contribution in [0.15, 0.2) is 47.1 Å². The molecule has 35 heavy (non-hydrogen) atoms. The van der Waals surface area contributed by atoms with Gasteiger partial charge in [0.25, 0.3) is 0 Å². The van der Waals surface area contributed by atoms with Gasteiger partial charge in [0.15, 0.2) is 0 Å². The van der Waals surface area contributed by atoms with E-state index in [0.29, 0.717) is 29.5 Å². The van der Waals surface area contributed by atoms with Gasteiger partial charge in [0.1, 0.15) is 11.7 Å². The van der Waals surface area contributed by atoms with E-state index < -0.39 is 11.7 Å². The first-order valence-corrected chi connectivity index (χ1v) is 13.1. The Balaban J connectivity index is 1.38. The maximum Gasteiger partial charge on any atom is 0.338 e. The molecule has 190 valence electrons. The molecule has 4 aliphatic rings. The highest BCUT2D eigenvalue weighted by Crippen LogP contribution is 2.68.